The predicted octanol–water partition coefficient (Wildman–Crippen LogP) is 4.81. The lowest BCUT2D eigenvalue weighted by Crippen LogP contribution is -2.21. The van der Waals surface area contributed by atoms with Crippen molar-refractivity contribution in [2.45, 2.75) is 20.8 Å². The normalized spacial score (nSPS) is 15.0. The predicted molar refractivity (Wildman–Crippen MR) is 117 cm³/mol. The summed E-state index contributed by atoms with van der Waals surface area (Å²) in [5, 5.41) is 16.7. The smallest absolute Gasteiger partial charge is 0.280 e. The first kappa shape index (κ1) is 19.3. The average molecular weight is 400 g/mol. The van der Waals surface area contributed by atoms with Crippen LogP contribution in [0.4, 0.5) is 11.4 Å². The standard InChI is InChI=1S/C23H20N4O3/c1-15-13-18(17(3)25(15)19-9-11-21(12-10-19)27(29)30)14-22-16(2)24-26(23(22)28)20-7-5-4-6-8-20/h4-14H,1-3H3/b22-14-. The van der Waals surface area contributed by atoms with Crippen LogP contribution in [0.2, 0.25) is 0 Å². The number of benzene rings is 2. The number of nitro benzene ring substituents is 1. The molecule has 1 aromatic heterocycles. The molecule has 1 aliphatic rings. The molecule has 2 aromatic carbocycles. The number of aromatic nitrogens is 1. The molecule has 0 aliphatic carbocycles. The number of hydrazone groups is 1. The van der Waals surface area contributed by atoms with E-state index >= 15 is 0 Å². The maximum atomic E-state index is 13.0. The fourth-order valence-electron chi connectivity index (χ4n) is 3.64. The highest BCUT2D eigenvalue weighted by Crippen LogP contribution is 2.28. The first-order valence-corrected chi connectivity index (χ1v) is 9.47. The molecule has 0 radical (unpaired) electrons. The Morgan fingerprint density at radius 3 is 2.27 bits per heavy atom. The lowest BCUT2D eigenvalue weighted by molar-refractivity contribution is -0.384. The van der Waals surface area contributed by atoms with E-state index in [0.717, 1.165) is 28.3 Å². The second kappa shape index (κ2) is 7.44. The van der Waals surface area contributed by atoms with Crippen LogP contribution < -0.4 is 5.01 Å². The second-order valence-electron chi connectivity index (χ2n) is 7.13. The van der Waals surface area contributed by atoms with E-state index in [4.69, 9.17) is 0 Å². The molecule has 0 saturated heterocycles. The van der Waals surface area contributed by atoms with Gasteiger partial charge in [-0.15, -0.1) is 0 Å². The van der Waals surface area contributed by atoms with Crippen LogP contribution in [-0.2, 0) is 4.79 Å². The molecule has 0 fully saturated rings. The Kier molecular flexibility index (Phi) is 4.79. The van der Waals surface area contributed by atoms with E-state index < -0.39 is 4.92 Å². The number of hydrogen-bond acceptors (Lipinski definition) is 4. The molecule has 150 valence electrons. The van der Waals surface area contributed by atoms with Gasteiger partial charge in [-0.2, -0.15) is 10.1 Å². The molecular weight excluding hydrogens is 380 g/mol. The quantitative estimate of drug-likeness (QED) is 0.358. The summed E-state index contributed by atoms with van der Waals surface area (Å²) in [6.07, 6.45) is 1.86. The summed E-state index contributed by atoms with van der Waals surface area (Å²) in [6, 6.07) is 17.7. The summed E-state index contributed by atoms with van der Waals surface area (Å²) in [4.78, 5) is 23.5. The van der Waals surface area contributed by atoms with Gasteiger partial charge in [-0.05, 0) is 62.7 Å². The first-order chi connectivity index (χ1) is 14.4. The summed E-state index contributed by atoms with van der Waals surface area (Å²) in [6.45, 7) is 5.74. The molecule has 0 bridgehead atoms. The number of hydrogen-bond donors (Lipinski definition) is 0. The number of nitro groups is 1. The fraction of sp³-hybridized carbons (Fsp3) is 0.130. The van der Waals surface area contributed by atoms with Gasteiger partial charge in [0, 0.05) is 29.2 Å². The van der Waals surface area contributed by atoms with Crippen LogP contribution in [0.25, 0.3) is 11.8 Å². The molecule has 2 heterocycles. The highest BCUT2D eigenvalue weighted by Gasteiger charge is 2.29. The molecule has 4 rings (SSSR count). The topological polar surface area (TPSA) is 80.7 Å². The van der Waals surface area contributed by atoms with E-state index in [1.54, 1.807) is 12.1 Å². The Bertz CT molecular complexity index is 1210. The summed E-state index contributed by atoms with van der Waals surface area (Å²) in [5.74, 6) is -0.168. The molecule has 1 amide bonds. The summed E-state index contributed by atoms with van der Waals surface area (Å²) >= 11 is 0. The van der Waals surface area contributed by atoms with Crippen molar-refractivity contribution in [1.29, 1.82) is 0 Å². The summed E-state index contributed by atoms with van der Waals surface area (Å²) < 4.78 is 2.01. The minimum atomic E-state index is -0.415. The number of carbonyl (C=O) groups is 1. The van der Waals surface area contributed by atoms with Gasteiger partial charge in [0.05, 0.1) is 21.9 Å². The Balaban J connectivity index is 1.70. The molecule has 0 saturated carbocycles. The Labute approximate surface area is 173 Å². The Morgan fingerprint density at radius 2 is 1.63 bits per heavy atom. The van der Waals surface area contributed by atoms with Gasteiger partial charge in [-0.25, -0.2) is 0 Å². The molecule has 30 heavy (non-hydrogen) atoms. The van der Waals surface area contributed by atoms with Crippen molar-refractivity contribution in [3.05, 3.63) is 93.3 Å². The van der Waals surface area contributed by atoms with Crippen LogP contribution in [0.3, 0.4) is 0 Å². The third kappa shape index (κ3) is 3.30. The number of para-hydroxylation sites is 1. The van der Waals surface area contributed by atoms with Crippen LogP contribution in [0.1, 0.15) is 23.9 Å². The minimum Gasteiger partial charge on any atom is -0.318 e. The third-order valence-electron chi connectivity index (χ3n) is 5.15. The number of aryl methyl sites for hydroxylation is 1. The van der Waals surface area contributed by atoms with Gasteiger partial charge >= 0.3 is 0 Å². The van der Waals surface area contributed by atoms with Crippen LogP contribution in [0, 0.1) is 24.0 Å². The molecule has 1 aliphatic heterocycles. The maximum absolute atomic E-state index is 13.0. The molecule has 7 nitrogen and oxygen atoms in total. The summed E-state index contributed by atoms with van der Waals surface area (Å²) in [7, 11) is 0. The zero-order chi connectivity index (χ0) is 21.4. The minimum absolute atomic E-state index is 0.0490. The van der Waals surface area contributed by atoms with Gasteiger partial charge < -0.3 is 4.57 Å². The van der Waals surface area contributed by atoms with Gasteiger partial charge in [0.2, 0.25) is 0 Å². The van der Waals surface area contributed by atoms with Crippen molar-refractivity contribution >= 4 is 29.1 Å². The van der Waals surface area contributed by atoms with Crippen molar-refractivity contribution in [2.75, 3.05) is 5.01 Å². The zero-order valence-electron chi connectivity index (χ0n) is 16.9. The fourth-order valence-corrected chi connectivity index (χ4v) is 3.64. The maximum Gasteiger partial charge on any atom is 0.280 e. The Hall–Kier alpha value is -4.00. The van der Waals surface area contributed by atoms with Gasteiger partial charge in [0.1, 0.15) is 0 Å². The van der Waals surface area contributed by atoms with Gasteiger partial charge in [0.25, 0.3) is 11.6 Å². The van der Waals surface area contributed by atoms with Crippen molar-refractivity contribution < 1.29 is 9.72 Å². The number of anilines is 1. The average Bonchev–Trinajstić information content (AvgIpc) is 3.18. The van der Waals surface area contributed by atoms with Crippen molar-refractivity contribution in [3.63, 3.8) is 0 Å². The van der Waals surface area contributed by atoms with Crippen LogP contribution in [0.5, 0.6) is 0 Å². The monoisotopic (exact) mass is 400 g/mol. The van der Waals surface area contributed by atoms with E-state index in [-0.39, 0.29) is 11.6 Å². The Morgan fingerprint density at radius 1 is 0.967 bits per heavy atom. The van der Waals surface area contributed by atoms with E-state index in [0.29, 0.717) is 11.3 Å². The van der Waals surface area contributed by atoms with Crippen molar-refractivity contribution in [3.8, 4) is 5.69 Å². The molecule has 3 aromatic rings. The summed E-state index contributed by atoms with van der Waals surface area (Å²) in [5.41, 5.74) is 5.61. The highest BCUT2D eigenvalue weighted by atomic mass is 16.6. The van der Waals surface area contributed by atoms with E-state index in [1.807, 2.05) is 67.8 Å². The largest absolute Gasteiger partial charge is 0.318 e. The molecule has 0 N–H and O–H groups in total. The van der Waals surface area contributed by atoms with E-state index in [2.05, 4.69) is 5.10 Å². The molecule has 0 unspecified atom stereocenters. The van der Waals surface area contributed by atoms with Crippen molar-refractivity contribution in [1.82, 2.24) is 4.57 Å². The second-order valence-corrected chi connectivity index (χ2v) is 7.13. The number of rotatable bonds is 4. The van der Waals surface area contributed by atoms with Crippen LogP contribution in [-0.4, -0.2) is 21.1 Å². The van der Waals surface area contributed by atoms with Gasteiger partial charge in [-0.3, -0.25) is 14.9 Å². The van der Waals surface area contributed by atoms with Crippen LogP contribution in [0.15, 0.2) is 71.3 Å². The van der Waals surface area contributed by atoms with Gasteiger partial charge in [-0.1, -0.05) is 18.2 Å². The third-order valence-corrected chi connectivity index (χ3v) is 5.15. The number of nitrogens with zero attached hydrogens (tertiary/aromatic N) is 4. The number of carbonyl (C=O) groups excluding carboxylic acids is 1. The SMILES string of the molecule is CC1=NN(c2ccccc2)C(=O)/C1=C\c1cc(C)n(-c2ccc([N+](=O)[O-])cc2)c1C. The van der Waals surface area contributed by atoms with E-state index in [9.17, 15) is 14.9 Å². The first-order valence-electron chi connectivity index (χ1n) is 9.47. The van der Waals surface area contributed by atoms with Crippen LogP contribution >= 0.6 is 0 Å². The number of amides is 1. The molecule has 7 heteroatoms. The lowest BCUT2D eigenvalue weighted by atomic mass is 10.1. The molecule has 0 atom stereocenters. The van der Waals surface area contributed by atoms with Gasteiger partial charge in [0.15, 0.2) is 0 Å². The highest BCUT2D eigenvalue weighted by molar-refractivity contribution is 6.32. The van der Waals surface area contributed by atoms with E-state index in [1.165, 1.54) is 17.1 Å². The zero-order valence-corrected chi connectivity index (χ0v) is 16.9. The number of non-ortho nitro benzene ring substituents is 1. The lowest BCUT2D eigenvalue weighted by Gasteiger charge is -2.11. The molecule has 0 spiro atoms. The van der Waals surface area contributed by atoms with Crippen molar-refractivity contribution in [2.24, 2.45) is 5.10 Å². The molecular formula is C23H20N4O3.